The van der Waals surface area contributed by atoms with E-state index in [4.69, 9.17) is 26.8 Å². The molecule has 0 unspecified atom stereocenters. The van der Waals surface area contributed by atoms with E-state index in [9.17, 15) is 9.59 Å². The number of fused-ring (bicyclic) bond motifs is 4. The zero-order valence-corrected chi connectivity index (χ0v) is 41.4. The normalized spacial score (nSPS) is 15.0. The van der Waals surface area contributed by atoms with Crippen molar-refractivity contribution in [2.45, 2.75) is 91.4 Å². The molecule has 74 heavy (non-hydrogen) atoms. The van der Waals surface area contributed by atoms with Gasteiger partial charge in [-0.15, -0.1) is 0 Å². The number of nitrogen functional groups attached to an aromatic ring is 2. The number of nitrogens with two attached hydrogens (primary N) is 2. The Bertz CT molecular complexity index is 3530. The van der Waals surface area contributed by atoms with Crippen molar-refractivity contribution in [3.8, 4) is 22.5 Å². The number of aromatic nitrogens is 14. The summed E-state index contributed by atoms with van der Waals surface area (Å²) in [4.78, 5) is 51.6. The molecule has 8 aromatic heterocycles. The van der Waals surface area contributed by atoms with Gasteiger partial charge in [-0.3, -0.25) is 19.0 Å². The van der Waals surface area contributed by atoms with Gasteiger partial charge in [0.15, 0.2) is 11.3 Å². The van der Waals surface area contributed by atoms with Gasteiger partial charge in [-0.2, -0.15) is 20.4 Å². The minimum absolute atomic E-state index is 0.0153. The van der Waals surface area contributed by atoms with E-state index < -0.39 is 0 Å². The Kier molecular flexibility index (Phi) is 12.6. The van der Waals surface area contributed by atoms with Crippen LogP contribution in [0.2, 0.25) is 0 Å². The molecule has 0 fully saturated rings. The Morgan fingerprint density at radius 3 is 1.64 bits per heavy atom. The molecule has 2 aromatic carbocycles. The lowest BCUT2D eigenvalue weighted by Crippen LogP contribution is -2.19. The number of nitrogens with zero attached hydrogens (tertiary/aromatic N) is 14. The quantitative estimate of drug-likeness (QED) is 0.100. The zero-order valence-electron chi connectivity index (χ0n) is 41.4. The number of carbonyl (C=O) groups is 2. The second-order valence-corrected chi connectivity index (χ2v) is 18.6. The smallest absolute Gasteiger partial charge is 0.256 e. The summed E-state index contributed by atoms with van der Waals surface area (Å²) in [5.74, 6) is 1.32. The third kappa shape index (κ3) is 8.94. The Labute approximate surface area is 425 Å². The fraction of sp³-hybridized carbons (Fsp3) is 0.259. The standard InChI is InChI=1S/2C27H27N9O/c1-3-35-14-19-20(33-35)5-4-6-21(19)36-26-23(25(28)30-15-31-26)24(34-36)17-7-9-18(10-8-17)27(37)32-22-13-16(2)11-12-29-22;1-3-35-20-5-4-6-21(19(20)14-32-35)36-26-23(25(28)30-15-31-26)24(34-36)17-7-9-18(10-8-17)27(37)33-22-13-16(2)11-12-29-22/h7-15,21H,3-6H2,1-2H3,(H2,28,30,31)(H,29,32,37);7-15,21H,3-6H2,1-2H3,(H2,28,30,31)(H,29,33,37)/t2*21-/m00/s1. The van der Waals surface area contributed by atoms with Crippen molar-refractivity contribution in [1.29, 1.82) is 0 Å². The Hall–Kier alpha value is -9.20. The minimum Gasteiger partial charge on any atom is -0.383 e. The number of pyridine rings is 2. The third-order valence-corrected chi connectivity index (χ3v) is 13.8. The number of hydrogen-bond donors (Lipinski definition) is 4. The highest BCUT2D eigenvalue weighted by Gasteiger charge is 2.31. The van der Waals surface area contributed by atoms with E-state index in [-0.39, 0.29) is 23.9 Å². The fourth-order valence-electron chi connectivity index (χ4n) is 10.1. The van der Waals surface area contributed by atoms with Crippen LogP contribution >= 0.6 is 0 Å². The first-order valence-corrected chi connectivity index (χ1v) is 24.8. The van der Waals surface area contributed by atoms with Crippen LogP contribution in [0, 0.1) is 13.8 Å². The highest BCUT2D eigenvalue weighted by Crippen LogP contribution is 2.40. The largest absolute Gasteiger partial charge is 0.383 e. The van der Waals surface area contributed by atoms with E-state index >= 15 is 0 Å². The molecule has 2 atom stereocenters. The predicted octanol–water partition coefficient (Wildman–Crippen LogP) is 8.35. The number of hydrogen-bond acceptors (Lipinski definition) is 14. The van der Waals surface area contributed by atoms with Gasteiger partial charge in [-0.25, -0.2) is 39.3 Å². The van der Waals surface area contributed by atoms with Crippen LogP contribution in [0.1, 0.15) is 106 Å². The predicted molar refractivity (Wildman–Crippen MR) is 282 cm³/mol. The van der Waals surface area contributed by atoms with Crippen LogP contribution in [0.4, 0.5) is 23.3 Å². The van der Waals surface area contributed by atoms with Crippen LogP contribution in [-0.2, 0) is 25.9 Å². The van der Waals surface area contributed by atoms with Crippen molar-refractivity contribution in [2.75, 3.05) is 22.1 Å². The molecule has 6 N–H and O–H groups in total. The van der Waals surface area contributed by atoms with E-state index in [1.54, 1.807) is 36.7 Å². The van der Waals surface area contributed by atoms with Gasteiger partial charge in [0.05, 0.1) is 34.7 Å². The van der Waals surface area contributed by atoms with E-state index in [0.717, 1.165) is 79.6 Å². The number of anilines is 4. The molecular formula is C54H54N18O2. The van der Waals surface area contributed by atoms with E-state index in [1.165, 1.54) is 29.5 Å². The average molecular weight is 987 g/mol. The van der Waals surface area contributed by atoms with Crippen LogP contribution in [0.5, 0.6) is 0 Å². The minimum atomic E-state index is -0.231. The van der Waals surface area contributed by atoms with Crippen molar-refractivity contribution in [2.24, 2.45) is 0 Å². The van der Waals surface area contributed by atoms with Crippen molar-refractivity contribution >= 4 is 57.2 Å². The lowest BCUT2D eigenvalue weighted by molar-refractivity contribution is 0.101. The summed E-state index contributed by atoms with van der Waals surface area (Å²) in [5.41, 5.74) is 24.9. The molecule has 0 aliphatic heterocycles. The molecule has 0 saturated carbocycles. The zero-order chi connectivity index (χ0) is 51.0. The molecule has 2 amide bonds. The maximum atomic E-state index is 12.8. The molecule has 12 rings (SSSR count). The summed E-state index contributed by atoms with van der Waals surface area (Å²) in [6.45, 7) is 9.75. The second-order valence-electron chi connectivity index (χ2n) is 18.6. The van der Waals surface area contributed by atoms with Gasteiger partial charge in [0.1, 0.15) is 47.3 Å². The summed E-state index contributed by atoms with van der Waals surface area (Å²) in [6.07, 6.45) is 16.3. The highest BCUT2D eigenvalue weighted by molar-refractivity contribution is 6.06. The molecule has 0 bridgehead atoms. The van der Waals surface area contributed by atoms with E-state index in [0.29, 0.717) is 67.9 Å². The molecule has 0 saturated heterocycles. The van der Waals surface area contributed by atoms with Gasteiger partial charge in [0.2, 0.25) is 0 Å². The van der Waals surface area contributed by atoms with Gasteiger partial charge in [-0.05, 0) is 126 Å². The highest BCUT2D eigenvalue weighted by atomic mass is 16.2. The summed E-state index contributed by atoms with van der Waals surface area (Å²) in [6, 6.07) is 22.0. The van der Waals surface area contributed by atoms with Crippen molar-refractivity contribution in [1.82, 2.24) is 69.0 Å². The van der Waals surface area contributed by atoms with Crippen LogP contribution in [0.3, 0.4) is 0 Å². The molecule has 2 aliphatic carbocycles. The number of carbonyl (C=O) groups excluding carboxylic acids is 2. The van der Waals surface area contributed by atoms with Gasteiger partial charge in [0, 0.05) is 70.8 Å². The number of nitrogens with one attached hydrogen (secondary N) is 2. The third-order valence-electron chi connectivity index (χ3n) is 13.8. The fourth-order valence-corrected chi connectivity index (χ4v) is 10.1. The summed E-state index contributed by atoms with van der Waals surface area (Å²) >= 11 is 0. The SMILES string of the molecule is CCn1cc2c(n1)CCC[C@@H]2n1nc(-c2ccc(C(=O)Nc3cc(C)ccn3)cc2)c2c(N)ncnc21.CCn1ncc2c1CCC[C@@H]2n1nc(-c2ccc(C(=O)Nc3cc(C)ccn3)cc2)c2c(N)ncnc21. The van der Waals surface area contributed by atoms with Crippen LogP contribution in [0.15, 0.2) is 110 Å². The van der Waals surface area contributed by atoms with Crippen LogP contribution < -0.4 is 22.1 Å². The second kappa shape index (κ2) is 19.8. The van der Waals surface area contributed by atoms with Crippen molar-refractivity contribution in [3.63, 3.8) is 0 Å². The lowest BCUT2D eigenvalue weighted by Gasteiger charge is -2.23. The molecule has 372 valence electrons. The molecule has 8 heterocycles. The lowest BCUT2D eigenvalue weighted by atomic mass is 9.93. The van der Waals surface area contributed by atoms with Crippen LogP contribution in [0.25, 0.3) is 44.6 Å². The van der Waals surface area contributed by atoms with Gasteiger partial charge < -0.3 is 22.1 Å². The first-order valence-electron chi connectivity index (χ1n) is 24.8. The van der Waals surface area contributed by atoms with Gasteiger partial charge in [0.25, 0.3) is 11.8 Å². The number of rotatable bonds is 10. The monoisotopic (exact) mass is 986 g/mol. The van der Waals surface area contributed by atoms with Crippen molar-refractivity contribution < 1.29 is 9.59 Å². The molecule has 0 radical (unpaired) electrons. The van der Waals surface area contributed by atoms with Crippen molar-refractivity contribution in [3.05, 3.63) is 155 Å². The first-order chi connectivity index (χ1) is 36.0. The molecule has 0 spiro atoms. The Balaban J connectivity index is 0.000000159. The summed E-state index contributed by atoms with van der Waals surface area (Å²) < 4.78 is 7.97. The molecule has 10 aromatic rings. The maximum absolute atomic E-state index is 12.8. The summed E-state index contributed by atoms with van der Waals surface area (Å²) in [7, 11) is 0. The maximum Gasteiger partial charge on any atom is 0.256 e. The first kappa shape index (κ1) is 47.1. The Morgan fingerprint density at radius 1 is 0.622 bits per heavy atom. The summed E-state index contributed by atoms with van der Waals surface area (Å²) in [5, 5.41) is 26.5. The number of amides is 2. The molecule has 2 aliphatic rings. The van der Waals surface area contributed by atoms with E-state index in [2.05, 4.69) is 70.4 Å². The molecule has 20 heteroatoms. The van der Waals surface area contributed by atoms with Gasteiger partial charge >= 0.3 is 0 Å². The molecular weight excluding hydrogens is 933 g/mol. The van der Waals surface area contributed by atoms with E-state index in [1.807, 2.05) is 82.6 Å². The number of benzene rings is 2. The topological polar surface area (TPSA) is 259 Å². The van der Waals surface area contributed by atoms with Gasteiger partial charge in [-0.1, -0.05) is 24.3 Å². The average Bonchev–Trinajstić information content (AvgIpc) is 4.23. The number of aryl methyl sites for hydroxylation is 5. The Morgan fingerprint density at radius 2 is 1.14 bits per heavy atom. The van der Waals surface area contributed by atoms with Crippen LogP contribution in [-0.4, -0.2) is 80.8 Å². The molecule has 20 nitrogen and oxygen atoms in total.